The van der Waals surface area contributed by atoms with Gasteiger partial charge in [-0.2, -0.15) is 0 Å². The van der Waals surface area contributed by atoms with Gasteiger partial charge in [0.15, 0.2) is 0 Å². The van der Waals surface area contributed by atoms with E-state index in [9.17, 15) is 18.4 Å². The van der Waals surface area contributed by atoms with Gasteiger partial charge < -0.3 is 20.5 Å². The summed E-state index contributed by atoms with van der Waals surface area (Å²) in [7, 11) is 0. The minimum Gasteiger partial charge on any atom is -0.481 e. The monoisotopic (exact) mass is 300 g/mol. The van der Waals surface area contributed by atoms with E-state index in [-0.39, 0.29) is 25.3 Å². The van der Waals surface area contributed by atoms with Gasteiger partial charge in [-0.1, -0.05) is 6.07 Å². The highest BCUT2D eigenvalue weighted by Gasteiger charge is 2.34. The number of aliphatic carboxylic acids is 1. The zero-order valence-electron chi connectivity index (χ0n) is 10.9. The number of carbonyl (C=O) groups excluding carboxylic acids is 1. The van der Waals surface area contributed by atoms with E-state index < -0.39 is 35.6 Å². The quantitative estimate of drug-likeness (QED) is 0.770. The van der Waals surface area contributed by atoms with Crippen LogP contribution in [0.5, 0.6) is 0 Å². The number of urea groups is 1. The summed E-state index contributed by atoms with van der Waals surface area (Å²) in [5.41, 5.74) is 0.129. The number of nitrogens with one attached hydrogen (secondary N) is 2. The van der Waals surface area contributed by atoms with Gasteiger partial charge in [0.2, 0.25) is 0 Å². The average Bonchev–Trinajstić information content (AvgIpc) is 2.86. The molecule has 1 heterocycles. The van der Waals surface area contributed by atoms with E-state index in [4.69, 9.17) is 9.84 Å². The Kier molecular flexibility index (Phi) is 4.69. The predicted molar refractivity (Wildman–Crippen MR) is 67.5 cm³/mol. The fraction of sp³-hybridized carbons (Fsp3) is 0.385. The van der Waals surface area contributed by atoms with Crippen LogP contribution in [0.1, 0.15) is 5.56 Å². The molecule has 2 atom stereocenters. The van der Waals surface area contributed by atoms with Crippen molar-refractivity contribution in [3.63, 3.8) is 0 Å². The topological polar surface area (TPSA) is 87.7 Å². The van der Waals surface area contributed by atoms with E-state index in [2.05, 4.69) is 10.6 Å². The van der Waals surface area contributed by atoms with Crippen LogP contribution in [0, 0.1) is 17.6 Å². The van der Waals surface area contributed by atoms with Crippen molar-refractivity contribution in [3.05, 3.63) is 35.4 Å². The van der Waals surface area contributed by atoms with Crippen LogP contribution in [0.4, 0.5) is 13.6 Å². The largest absolute Gasteiger partial charge is 0.481 e. The van der Waals surface area contributed by atoms with Gasteiger partial charge in [0.1, 0.15) is 17.6 Å². The predicted octanol–water partition coefficient (Wildman–Crippen LogP) is 0.864. The molecule has 0 spiro atoms. The van der Waals surface area contributed by atoms with Gasteiger partial charge in [0, 0.05) is 18.2 Å². The number of hydrogen-bond acceptors (Lipinski definition) is 3. The van der Waals surface area contributed by atoms with Crippen molar-refractivity contribution in [3.8, 4) is 0 Å². The smallest absolute Gasteiger partial charge is 0.315 e. The maximum atomic E-state index is 13.4. The molecule has 6 nitrogen and oxygen atoms in total. The van der Waals surface area contributed by atoms with E-state index >= 15 is 0 Å². The summed E-state index contributed by atoms with van der Waals surface area (Å²) in [5.74, 6) is -3.32. The third kappa shape index (κ3) is 3.88. The number of hydrogen-bond donors (Lipinski definition) is 3. The lowest BCUT2D eigenvalue weighted by Gasteiger charge is -2.16. The zero-order valence-corrected chi connectivity index (χ0v) is 10.9. The number of carboxylic acids is 1. The molecule has 0 bridgehead atoms. The van der Waals surface area contributed by atoms with E-state index in [1.807, 2.05) is 0 Å². The van der Waals surface area contributed by atoms with Crippen molar-refractivity contribution in [2.45, 2.75) is 12.6 Å². The van der Waals surface area contributed by atoms with Crippen LogP contribution < -0.4 is 10.6 Å². The molecule has 0 aliphatic carbocycles. The first-order valence-electron chi connectivity index (χ1n) is 6.26. The zero-order chi connectivity index (χ0) is 15.4. The van der Waals surface area contributed by atoms with E-state index in [1.54, 1.807) is 0 Å². The lowest BCUT2D eigenvalue weighted by molar-refractivity contribution is -0.142. The molecule has 1 aromatic carbocycles. The lowest BCUT2D eigenvalue weighted by atomic mass is 10.0. The standard InChI is InChI=1S/C13H14F2N2O4/c14-8-2-1-7(10(15)3-8)4-16-13(20)17-11-6-21-5-9(11)12(18)19/h1-3,9,11H,4-6H2,(H,18,19)(H2,16,17,20). The van der Waals surface area contributed by atoms with Crippen molar-refractivity contribution in [1.82, 2.24) is 10.6 Å². The second-order valence-electron chi connectivity index (χ2n) is 4.65. The molecule has 114 valence electrons. The Morgan fingerprint density at radius 3 is 2.76 bits per heavy atom. The van der Waals surface area contributed by atoms with Gasteiger partial charge in [0.25, 0.3) is 0 Å². The molecule has 0 radical (unpaired) electrons. The Morgan fingerprint density at radius 1 is 1.33 bits per heavy atom. The van der Waals surface area contributed by atoms with Crippen LogP contribution in [0.25, 0.3) is 0 Å². The summed E-state index contributed by atoms with van der Waals surface area (Å²) in [5, 5.41) is 13.8. The second-order valence-corrected chi connectivity index (χ2v) is 4.65. The number of benzene rings is 1. The molecule has 1 fully saturated rings. The van der Waals surface area contributed by atoms with Crippen LogP contribution >= 0.6 is 0 Å². The van der Waals surface area contributed by atoms with Gasteiger partial charge in [-0.25, -0.2) is 13.6 Å². The number of halogens is 2. The average molecular weight is 300 g/mol. The number of rotatable bonds is 4. The highest BCUT2D eigenvalue weighted by molar-refractivity contribution is 5.77. The summed E-state index contributed by atoms with van der Waals surface area (Å²) in [6.45, 7) is 0.00539. The third-order valence-corrected chi connectivity index (χ3v) is 3.17. The normalized spacial score (nSPS) is 21.0. The molecule has 1 aliphatic heterocycles. The van der Waals surface area contributed by atoms with Crippen LogP contribution in [0.3, 0.4) is 0 Å². The highest BCUT2D eigenvalue weighted by atomic mass is 19.1. The first-order chi connectivity index (χ1) is 9.97. The summed E-state index contributed by atoms with van der Waals surface area (Å²) >= 11 is 0. The molecule has 2 unspecified atom stereocenters. The maximum absolute atomic E-state index is 13.4. The van der Waals surface area contributed by atoms with Gasteiger partial charge >= 0.3 is 12.0 Å². The van der Waals surface area contributed by atoms with Crippen molar-refractivity contribution in [1.29, 1.82) is 0 Å². The molecule has 1 aromatic rings. The number of carboxylic acid groups (broad SMARTS) is 1. The Morgan fingerprint density at radius 2 is 2.10 bits per heavy atom. The molecular weight excluding hydrogens is 286 g/mol. The van der Waals surface area contributed by atoms with E-state index in [1.165, 1.54) is 6.07 Å². The van der Waals surface area contributed by atoms with Crippen LogP contribution in [-0.4, -0.2) is 36.4 Å². The highest BCUT2D eigenvalue weighted by Crippen LogP contribution is 2.14. The molecule has 3 N–H and O–H groups in total. The van der Waals surface area contributed by atoms with E-state index in [0.29, 0.717) is 0 Å². The molecule has 0 aromatic heterocycles. The summed E-state index contributed by atoms with van der Waals surface area (Å²) in [4.78, 5) is 22.6. The summed E-state index contributed by atoms with van der Waals surface area (Å²) in [6, 6.07) is 1.76. The minimum absolute atomic E-state index is 0.0346. The molecular formula is C13H14F2N2O4. The van der Waals surface area contributed by atoms with Gasteiger partial charge in [-0.15, -0.1) is 0 Å². The molecule has 8 heteroatoms. The van der Waals surface area contributed by atoms with Crippen LogP contribution in [0.15, 0.2) is 18.2 Å². The first kappa shape index (κ1) is 15.2. The Hall–Kier alpha value is -2.22. The van der Waals surface area contributed by atoms with Crippen molar-refractivity contribution in [2.24, 2.45) is 5.92 Å². The Labute approximate surface area is 119 Å². The molecule has 0 saturated carbocycles. The first-order valence-corrected chi connectivity index (χ1v) is 6.26. The fourth-order valence-corrected chi connectivity index (χ4v) is 2.00. The SMILES string of the molecule is O=C(NCc1ccc(F)cc1F)NC1COCC1C(=O)O. The third-order valence-electron chi connectivity index (χ3n) is 3.17. The molecule has 2 rings (SSSR count). The van der Waals surface area contributed by atoms with Crippen LogP contribution in [0.2, 0.25) is 0 Å². The molecule has 1 aliphatic rings. The number of ether oxygens (including phenoxy) is 1. The van der Waals surface area contributed by atoms with Crippen molar-refractivity contribution < 1.29 is 28.2 Å². The summed E-state index contributed by atoms with van der Waals surface area (Å²) < 4.78 is 31.1. The Bertz CT molecular complexity index is 553. The van der Waals surface area contributed by atoms with Crippen LogP contribution in [-0.2, 0) is 16.1 Å². The van der Waals surface area contributed by atoms with Crippen molar-refractivity contribution in [2.75, 3.05) is 13.2 Å². The summed E-state index contributed by atoms with van der Waals surface area (Å²) in [6.07, 6.45) is 0. The second kappa shape index (κ2) is 6.49. The van der Waals surface area contributed by atoms with Crippen molar-refractivity contribution >= 4 is 12.0 Å². The number of amides is 2. The Balaban J connectivity index is 1.86. The van der Waals surface area contributed by atoms with Gasteiger partial charge in [-0.05, 0) is 6.07 Å². The molecule has 1 saturated heterocycles. The molecule has 2 amide bonds. The van der Waals surface area contributed by atoms with E-state index in [0.717, 1.165) is 12.1 Å². The van der Waals surface area contributed by atoms with Gasteiger partial charge in [-0.3, -0.25) is 4.79 Å². The lowest BCUT2D eigenvalue weighted by Crippen LogP contribution is -2.47. The maximum Gasteiger partial charge on any atom is 0.315 e. The molecule has 21 heavy (non-hydrogen) atoms. The van der Waals surface area contributed by atoms with Gasteiger partial charge in [0.05, 0.1) is 19.3 Å². The minimum atomic E-state index is -1.05. The fourth-order valence-electron chi connectivity index (χ4n) is 2.00. The number of carbonyl (C=O) groups is 2.